The van der Waals surface area contributed by atoms with E-state index in [0.29, 0.717) is 19.4 Å². The zero-order valence-corrected chi connectivity index (χ0v) is 14.8. The number of nitrogens with one attached hydrogen (secondary N) is 2. The van der Waals surface area contributed by atoms with Gasteiger partial charge >= 0.3 is 12.0 Å². The van der Waals surface area contributed by atoms with E-state index in [2.05, 4.69) is 5.32 Å². The summed E-state index contributed by atoms with van der Waals surface area (Å²) in [5.41, 5.74) is 0. The summed E-state index contributed by atoms with van der Waals surface area (Å²) in [5.74, 6) is -3.07. The molecule has 2 aliphatic rings. The molecule has 0 aromatic carbocycles. The Hall–Kier alpha value is -2.71. The van der Waals surface area contributed by atoms with Crippen LogP contribution >= 0.6 is 0 Å². The Balaban J connectivity index is 1.75. The highest BCUT2D eigenvalue weighted by Gasteiger charge is 2.47. The molecule has 1 fully saturated rings. The summed E-state index contributed by atoms with van der Waals surface area (Å²) in [6.45, 7) is 3.00. The van der Waals surface area contributed by atoms with Crippen molar-refractivity contribution in [1.29, 1.82) is 0 Å². The summed E-state index contributed by atoms with van der Waals surface area (Å²) in [6, 6.07) is -0.679. The van der Waals surface area contributed by atoms with Gasteiger partial charge in [0.15, 0.2) is 6.61 Å². The van der Waals surface area contributed by atoms with Crippen LogP contribution < -0.4 is 10.6 Å². The first-order valence-electron chi connectivity index (χ1n) is 8.53. The van der Waals surface area contributed by atoms with E-state index < -0.39 is 42.9 Å². The number of imide groups is 2. The van der Waals surface area contributed by atoms with Crippen LogP contribution in [0.5, 0.6) is 0 Å². The molecular formula is C17H23N3O6. The Morgan fingerprint density at radius 3 is 2.27 bits per heavy atom. The first kappa shape index (κ1) is 19.6. The van der Waals surface area contributed by atoms with Gasteiger partial charge in [-0.3, -0.25) is 29.4 Å². The summed E-state index contributed by atoms with van der Waals surface area (Å²) in [7, 11) is 0. The zero-order valence-electron chi connectivity index (χ0n) is 14.8. The summed E-state index contributed by atoms with van der Waals surface area (Å²) in [5, 5.41) is 4.51. The van der Waals surface area contributed by atoms with Gasteiger partial charge in [0.1, 0.15) is 6.54 Å². The van der Waals surface area contributed by atoms with Gasteiger partial charge in [-0.25, -0.2) is 4.79 Å². The summed E-state index contributed by atoms with van der Waals surface area (Å²) in [4.78, 5) is 60.2. The number of nitrogens with zero attached hydrogens (tertiary/aromatic N) is 1. The molecule has 9 heteroatoms. The van der Waals surface area contributed by atoms with E-state index in [1.807, 2.05) is 31.3 Å². The molecule has 2 atom stereocenters. The number of hydrogen-bond acceptors (Lipinski definition) is 6. The maximum atomic E-state index is 12.2. The first-order valence-corrected chi connectivity index (χ1v) is 8.53. The van der Waals surface area contributed by atoms with Crippen molar-refractivity contribution in [2.75, 3.05) is 19.7 Å². The number of carbonyl (C=O) groups is 5. The molecule has 1 aliphatic heterocycles. The van der Waals surface area contributed by atoms with Crippen molar-refractivity contribution < 1.29 is 28.7 Å². The molecule has 2 N–H and O–H groups in total. The Morgan fingerprint density at radius 1 is 1.15 bits per heavy atom. The number of hydrogen-bond donors (Lipinski definition) is 2. The number of ether oxygens (including phenoxy) is 1. The summed E-state index contributed by atoms with van der Waals surface area (Å²) < 4.78 is 4.75. The maximum absolute atomic E-state index is 12.2. The fourth-order valence-corrected chi connectivity index (χ4v) is 2.85. The van der Waals surface area contributed by atoms with Gasteiger partial charge in [-0.2, -0.15) is 0 Å². The summed E-state index contributed by atoms with van der Waals surface area (Å²) in [6.07, 6.45) is 4.66. The topological polar surface area (TPSA) is 122 Å². The molecule has 0 unspecified atom stereocenters. The van der Waals surface area contributed by atoms with Gasteiger partial charge in [0, 0.05) is 6.54 Å². The van der Waals surface area contributed by atoms with Crippen molar-refractivity contribution in [3.8, 4) is 0 Å². The minimum absolute atomic E-state index is 0.225. The molecule has 0 aromatic rings. The molecule has 1 saturated heterocycles. The molecule has 9 nitrogen and oxygen atoms in total. The second-order valence-corrected chi connectivity index (χ2v) is 6.73. The largest absolute Gasteiger partial charge is 0.454 e. The molecule has 0 bridgehead atoms. The minimum Gasteiger partial charge on any atom is -0.454 e. The van der Waals surface area contributed by atoms with E-state index >= 15 is 0 Å². The molecule has 0 radical (unpaired) electrons. The molecule has 2 rings (SSSR count). The normalized spacial score (nSPS) is 21.6. The van der Waals surface area contributed by atoms with Crippen LogP contribution in [0.15, 0.2) is 12.2 Å². The Labute approximate surface area is 151 Å². The van der Waals surface area contributed by atoms with E-state index in [9.17, 15) is 24.0 Å². The van der Waals surface area contributed by atoms with Gasteiger partial charge in [0.05, 0.1) is 11.8 Å². The second-order valence-electron chi connectivity index (χ2n) is 6.73. The third-order valence-electron chi connectivity index (χ3n) is 4.17. The molecule has 1 heterocycles. The quantitative estimate of drug-likeness (QED) is 0.387. The van der Waals surface area contributed by atoms with Crippen molar-refractivity contribution in [2.45, 2.75) is 26.7 Å². The van der Waals surface area contributed by atoms with Crippen LogP contribution in [-0.4, -0.2) is 54.3 Å². The van der Waals surface area contributed by atoms with Gasteiger partial charge in [-0.05, 0) is 18.8 Å². The first-order chi connectivity index (χ1) is 12.3. The molecular weight excluding hydrogens is 342 g/mol. The van der Waals surface area contributed by atoms with Crippen LogP contribution in [0.4, 0.5) is 4.79 Å². The average Bonchev–Trinajstić information content (AvgIpc) is 2.83. The zero-order chi connectivity index (χ0) is 19.3. The monoisotopic (exact) mass is 365 g/mol. The number of rotatable bonds is 6. The smallest absolute Gasteiger partial charge is 0.326 e. The van der Waals surface area contributed by atoms with Gasteiger partial charge < -0.3 is 10.1 Å². The van der Waals surface area contributed by atoms with Crippen LogP contribution in [0.2, 0.25) is 0 Å². The van der Waals surface area contributed by atoms with Crippen molar-refractivity contribution in [3.63, 3.8) is 0 Å². The highest BCUT2D eigenvalue weighted by Crippen LogP contribution is 2.34. The number of likely N-dealkylation sites (tertiary alicyclic amines) is 1. The molecule has 0 spiro atoms. The van der Waals surface area contributed by atoms with Gasteiger partial charge in [0.25, 0.3) is 5.91 Å². The van der Waals surface area contributed by atoms with Crippen LogP contribution in [0.1, 0.15) is 26.7 Å². The van der Waals surface area contributed by atoms with E-state index in [-0.39, 0.29) is 17.7 Å². The van der Waals surface area contributed by atoms with Crippen LogP contribution in [0.3, 0.4) is 0 Å². The summed E-state index contributed by atoms with van der Waals surface area (Å²) >= 11 is 0. The number of urea groups is 1. The second kappa shape index (κ2) is 8.59. The lowest BCUT2D eigenvalue weighted by molar-refractivity contribution is -0.154. The van der Waals surface area contributed by atoms with Crippen LogP contribution in [0.25, 0.3) is 0 Å². The van der Waals surface area contributed by atoms with E-state index in [4.69, 9.17) is 4.74 Å². The van der Waals surface area contributed by atoms with Crippen molar-refractivity contribution in [2.24, 2.45) is 17.8 Å². The predicted molar refractivity (Wildman–Crippen MR) is 89.4 cm³/mol. The van der Waals surface area contributed by atoms with Gasteiger partial charge in [-0.15, -0.1) is 0 Å². The number of carbonyl (C=O) groups excluding carboxylic acids is 5. The van der Waals surface area contributed by atoms with E-state index in [0.717, 1.165) is 4.90 Å². The highest BCUT2D eigenvalue weighted by molar-refractivity contribution is 6.07. The Morgan fingerprint density at radius 2 is 1.73 bits per heavy atom. The van der Waals surface area contributed by atoms with Crippen LogP contribution in [-0.2, 0) is 23.9 Å². The fourth-order valence-electron chi connectivity index (χ4n) is 2.85. The third kappa shape index (κ3) is 4.90. The van der Waals surface area contributed by atoms with Crippen molar-refractivity contribution >= 4 is 29.7 Å². The SMILES string of the molecule is CC(C)CNC(=O)NC(=O)COC(=O)CN1C(=O)[C@H]2CC=CC[C@H]2C1=O. The lowest BCUT2D eigenvalue weighted by Gasteiger charge is -2.14. The lowest BCUT2D eigenvalue weighted by atomic mass is 9.85. The van der Waals surface area contributed by atoms with Crippen molar-refractivity contribution in [1.82, 2.24) is 15.5 Å². The lowest BCUT2D eigenvalue weighted by Crippen LogP contribution is -2.43. The third-order valence-corrected chi connectivity index (χ3v) is 4.17. The average molecular weight is 365 g/mol. The molecule has 5 amide bonds. The molecule has 1 aliphatic carbocycles. The van der Waals surface area contributed by atoms with E-state index in [1.165, 1.54) is 0 Å². The Kier molecular flexibility index (Phi) is 6.48. The van der Waals surface area contributed by atoms with Crippen molar-refractivity contribution in [3.05, 3.63) is 12.2 Å². The van der Waals surface area contributed by atoms with Gasteiger partial charge in [-0.1, -0.05) is 26.0 Å². The molecule has 26 heavy (non-hydrogen) atoms. The fraction of sp³-hybridized carbons (Fsp3) is 0.588. The number of esters is 1. The van der Waals surface area contributed by atoms with E-state index in [1.54, 1.807) is 0 Å². The number of allylic oxidation sites excluding steroid dienone is 2. The predicted octanol–water partition coefficient (Wildman–Crippen LogP) is -0.0374. The minimum atomic E-state index is -0.879. The standard InChI is InChI=1S/C17H23N3O6/c1-10(2)7-18-17(25)19-13(21)9-26-14(22)8-20-15(23)11-5-3-4-6-12(11)16(20)24/h3-4,10-12H,5-9H2,1-2H3,(H2,18,19,21,25)/t11-,12+. The molecule has 0 aromatic heterocycles. The maximum Gasteiger partial charge on any atom is 0.326 e. The highest BCUT2D eigenvalue weighted by atomic mass is 16.5. The molecule has 0 saturated carbocycles. The number of fused-ring (bicyclic) bond motifs is 1. The number of amides is 5. The van der Waals surface area contributed by atoms with Crippen LogP contribution in [0, 0.1) is 17.8 Å². The Bertz CT molecular complexity index is 616. The molecule has 142 valence electrons. The van der Waals surface area contributed by atoms with Gasteiger partial charge in [0.2, 0.25) is 11.8 Å².